The molecule has 5 rings (SSSR count). The second-order valence-electron chi connectivity index (χ2n) is 10.1. The molecule has 0 amide bonds. The van der Waals surface area contributed by atoms with Crippen LogP contribution < -0.4 is 4.90 Å². The highest BCUT2D eigenvalue weighted by molar-refractivity contribution is 6.05. The third-order valence-corrected chi connectivity index (χ3v) is 7.66. The number of benzene rings is 2. The van der Waals surface area contributed by atoms with Crippen molar-refractivity contribution in [1.82, 2.24) is 0 Å². The number of carbonyl (C=O) groups is 1. The van der Waals surface area contributed by atoms with Crippen molar-refractivity contribution in [2.45, 2.75) is 38.5 Å². The Hall–Kier alpha value is -4.30. The molecular weight excluding hydrogens is 519 g/mol. The van der Waals surface area contributed by atoms with Gasteiger partial charge in [0.2, 0.25) is 0 Å². The molecule has 0 bridgehead atoms. The Bertz CT molecular complexity index is 1490. The quantitative estimate of drug-likeness (QED) is 0.140. The Kier molecular flexibility index (Phi) is 8.07. The fourth-order valence-corrected chi connectivity index (χ4v) is 5.65. The topological polar surface area (TPSA) is 92.3 Å². The number of carboxylic acids is 1. The summed E-state index contributed by atoms with van der Waals surface area (Å²) in [7, 11) is 0. The van der Waals surface area contributed by atoms with Gasteiger partial charge >= 0.3 is 5.97 Å². The Morgan fingerprint density at radius 3 is 2.08 bits per heavy atom. The first-order chi connectivity index (χ1) is 19.4. The Balaban J connectivity index is 1.73. The number of nitrogens with zero attached hydrogens (tertiary/aromatic N) is 5. The van der Waals surface area contributed by atoms with E-state index >= 15 is 8.78 Å². The van der Waals surface area contributed by atoms with Gasteiger partial charge in [-0.15, -0.1) is 0 Å². The summed E-state index contributed by atoms with van der Waals surface area (Å²) >= 11 is 0. The first-order valence-corrected chi connectivity index (χ1v) is 13.5. The number of hydrogen-bond donors (Lipinski definition) is 1. The number of rotatable bonds is 5. The lowest BCUT2D eigenvalue weighted by atomic mass is 9.86. The number of halogens is 3. The molecular formula is C30H29F3N5O2+. The van der Waals surface area contributed by atoms with Crippen molar-refractivity contribution in [3.63, 3.8) is 0 Å². The van der Waals surface area contributed by atoms with Gasteiger partial charge in [0.15, 0.2) is 17.3 Å². The monoisotopic (exact) mass is 548 g/mol. The molecule has 2 aromatic carbocycles. The van der Waals surface area contributed by atoms with Crippen LogP contribution in [0.4, 0.5) is 24.5 Å². The summed E-state index contributed by atoms with van der Waals surface area (Å²) in [6.07, 6.45) is 13.8. The van der Waals surface area contributed by atoms with E-state index in [0.717, 1.165) is 63.3 Å². The lowest BCUT2D eigenvalue weighted by molar-refractivity contribution is -0.535. The second-order valence-corrected chi connectivity index (χ2v) is 10.1. The number of hydrogen-bond acceptors (Lipinski definition) is 3. The molecule has 206 valence electrons. The van der Waals surface area contributed by atoms with E-state index in [-0.39, 0.29) is 5.57 Å². The predicted molar refractivity (Wildman–Crippen MR) is 148 cm³/mol. The van der Waals surface area contributed by atoms with Crippen molar-refractivity contribution < 1.29 is 27.6 Å². The van der Waals surface area contributed by atoms with Gasteiger partial charge in [-0.05, 0) is 66.6 Å². The zero-order chi connectivity index (χ0) is 28.2. The molecule has 0 aromatic heterocycles. The van der Waals surface area contributed by atoms with Crippen LogP contribution in [0.2, 0.25) is 0 Å². The third kappa shape index (κ3) is 5.27. The number of piperidine rings is 2. The van der Waals surface area contributed by atoms with Gasteiger partial charge in [0.1, 0.15) is 30.2 Å². The van der Waals surface area contributed by atoms with Crippen molar-refractivity contribution >= 4 is 28.6 Å². The maximum Gasteiger partial charge on any atom is 0.339 e. The summed E-state index contributed by atoms with van der Waals surface area (Å²) in [6, 6.07) is 7.15. The van der Waals surface area contributed by atoms with Crippen LogP contribution in [-0.2, 0) is 0 Å². The number of carboxylic acid groups (broad SMARTS) is 1. The third-order valence-electron chi connectivity index (χ3n) is 7.66. The Morgan fingerprint density at radius 1 is 0.850 bits per heavy atom. The summed E-state index contributed by atoms with van der Waals surface area (Å²) in [6.45, 7) is 3.63. The minimum Gasteiger partial charge on any atom is -0.478 e. The van der Waals surface area contributed by atoms with Gasteiger partial charge in [0.05, 0.1) is 0 Å². The van der Waals surface area contributed by atoms with E-state index in [1.54, 1.807) is 24.3 Å². The lowest BCUT2D eigenvalue weighted by Gasteiger charge is -2.29. The molecule has 1 aliphatic carbocycles. The molecule has 2 aromatic rings. The molecule has 2 heterocycles. The van der Waals surface area contributed by atoms with Gasteiger partial charge in [-0.25, -0.2) is 22.5 Å². The predicted octanol–water partition coefficient (Wildman–Crippen LogP) is 7.30. The molecule has 2 aliphatic heterocycles. The molecule has 0 unspecified atom stereocenters. The highest BCUT2D eigenvalue weighted by Crippen LogP contribution is 2.40. The number of aromatic carboxylic acids is 1. The number of allylic oxidation sites excluding steroid dienone is 5. The van der Waals surface area contributed by atoms with Crippen LogP contribution in [0, 0.1) is 17.5 Å². The van der Waals surface area contributed by atoms with E-state index in [0.29, 0.717) is 11.1 Å². The fraction of sp³-hybridized carbons (Fsp3) is 0.333. The number of anilines is 1. The van der Waals surface area contributed by atoms with E-state index < -0.39 is 40.2 Å². The summed E-state index contributed by atoms with van der Waals surface area (Å²) in [5.74, 6) is -6.93. The lowest BCUT2D eigenvalue weighted by Crippen LogP contribution is -2.29. The summed E-state index contributed by atoms with van der Waals surface area (Å²) in [5, 5.41) is 12.9. The average Bonchev–Trinajstić information content (AvgIpc) is 2.99. The van der Waals surface area contributed by atoms with Crippen molar-refractivity contribution in [2.75, 3.05) is 31.1 Å². The van der Waals surface area contributed by atoms with Gasteiger partial charge in [-0.2, -0.15) is 0 Å². The van der Waals surface area contributed by atoms with E-state index in [4.69, 9.17) is 5.53 Å². The van der Waals surface area contributed by atoms with Crippen LogP contribution in [0.5, 0.6) is 0 Å². The highest BCUT2D eigenvalue weighted by Gasteiger charge is 2.32. The molecule has 0 spiro atoms. The normalized spacial score (nSPS) is 17.2. The smallest absolute Gasteiger partial charge is 0.339 e. The largest absolute Gasteiger partial charge is 0.478 e. The van der Waals surface area contributed by atoms with Crippen LogP contribution in [0.1, 0.15) is 60.0 Å². The molecule has 3 aliphatic rings. The van der Waals surface area contributed by atoms with Gasteiger partial charge in [-0.1, -0.05) is 17.2 Å². The highest BCUT2D eigenvalue weighted by atomic mass is 19.2. The van der Waals surface area contributed by atoms with Crippen molar-refractivity contribution in [1.29, 1.82) is 0 Å². The van der Waals surface area contributed by atoms with E-state index in [1.165, 1.54) is 12.8 Å². The molecule has 7 nitrogen and oxygen atoms in total. The molecule has 1 N–H and O–H groups in total. The Morgan fingerprint density at radius 2 is 1.48 bits per heavy atom. The maximum absolute atomic E-state index is 15.9. The molecule has 2 fully saturated rings. The maximum atomic E-state index is 15.9. The minimum absolute atomic E-state index is 0.0542. The molecule has 10 heteroatoms. The van der Waals surface area contributed by atoms with Crippen molar-refractivity contribution in [3.8, 4) is 0 Å². The zero-order valence-corrected chi connectivity index (χ0v) is 21.9. The summed E-state index contributed by atoms with van der Waals surface area (Å²) < 4.78 is 48.0. The van der Waals surface area contributed by atoms with Crippen molar-refractivity contribution in [3.05, 3.63) is 98.7 Å². The zero-order valence-electron chi connectivity index (χ0n) is 21.9. The molecule has 0 atom stereocenters. The minimum atomic E-state index is -1.85. The molecule has 40 heavy (non-hydrogen) atoms. The summed E-state index contributed by atoms with van der Waals surface area (Å²) in [5.41, 5.74) is 8.62. The van der Waals surface area contributed by atoms with Crippen molar-refractivity contribution in [2.24, 2.45) is 5.11 Å². The van der Waals surface area contributed by atoms with Gasteiger partial charge < -0.3 is 10.0 Å². The van der Waals surface area contributed by atoms with E-state index in [9.17, 15) is 14.3 Å². The van der Waals surface area contributed by atoms with Gasteiger partial charge in [0.25, 0.3) is 0 Å². The van der Waals surface area contributed by atoms with Crippen LogP contribution >= 0.6 is 0 Å². The SMILES string of the molecule is [N-]=[N+]=Nc1c(F)c(F)c(C(=O)O)c(C(=C2C=CC(=[N+]3CCCCC3)C=C2)c2ccc(N3CCCCC3)cc2)c1F. The first-order valence-electron chi connectivity index (χ1n) is 13.5. The van der Waals surface area contributed by atoms with Crippen LogP contribution in [-0.4, -0.2) is 47.5 Å². The second kappa shape index (κ2) is 11.8. The van der Waals surface area contributed by atoms with Gasteiger partial charge in [-0.3, -0.25) is 0 Å². The number of azide groups is 1. The fourth-order valence-electron chi connectivity index (χ4n) is 5.65. The van der Waals surface area contributed by atoms with Gasteiger partial charge in [0, 0.05) is 59.8 Å². The summed E-state index contributed by atoms with van der Waals surface area (Å²) in [4.78, 5) is 16.9. The van der Waals surface area contributed by atoms with Crippen LogP contribution in [0.15, 0.2) is 59.3 Å². The van der Waals surface area contributed by atoms with E-state index in [2.05, 4.69) is 19.5 Å². The Labute approximate surface area is 229 Å². The van der Waals surface area contributed by atoms with E-state index in [1.807, 2.05) is 24.3 Å². The molecule has 2 saturated heterocycles. The molecule has 0 saturated carbocycles. The average molecular weight is 549 g/mol. The molecule has 0 radical (unpaired) electrons. The van der Waals surface area contributed by atoms with Crippen LogP contribution in [0.25, 0.3) is 16.0 Å². The first kappa shape index (κ1) is 27.3. The van der Waals surface area contributed by atoms with Crippen LogP contribution in [0.3, 0.4) is 0 Å². The standard InChI is InChI=1S/C30H28F3N5O2/c31-26-25(30(39)40)24(27(32)29(28(26)33)35-36-34)23(19-7-11-21(12-8-19)37-15-3-1-4-16-37)20-9-13-22(14-10-20)38-17-5-2-6-18-38/h7-14H,1-6,15-18H2/p+1.